The van der Waals surface area contributed by atoms with Gasteiger partial charge in [-0.15, -0.1) is 0 Å². The Morgan fingerprint density at radius 1 is 1.56 bits per heavy atom. The second-order valence-corrected chi connectivity index (χ2v) is 4.99. The van der Waals surface area contributed by atoms with E-state index in [1.807, 2.05) is 6.07 Å². The third-order valence-electron chi connectivity index (χ3n) is 3.34. The number of aliphatic hydroxyl groups excluding tert-OH is 1. The first kappa shape index (κ1) is 13.2. The van der Waals surface area contributed by atoms with Gasteiger partial charge in [0.15, 0.2) is 0 Å². The molecule has 5 heteroatoms. The van der Waals surface area contributed by atoms with E-state index in [1.165, 1.54) is 0 Å². The van der Waals surface area contributed by atoms with Crippen LogP contribution < -0.4 is 10.1 Å². The zero-order chi connectivity index (χ0) is 13.2. The Kier molecular flexibility index (Phi) is 3.78. The standard InChI is InChI=1S/C13H16ClNO3/c1-18-10-3-2-9(11(14)6-10)7-15-12(17)13(8-16)4-5-13/h2-3,6,16H,4-5,7-8H2,1H3,(H,15,17). The number of hydrogen-bond donors (Lipinski definition) is 2. The highest BCUT2D eigenvalue weighted by atomic mass is 35.5. The molecule has 1 aliphatic carbocycles. The predicted molar refractivity (Wildman–Crippen MR) is 68.6 cm³/mol. The van der Waals surface area contributed by atoms with E-state index in [9.17, 15) is 4.79 Å². The molecule has 18 heavy (non-hydrogen) atoms. The minimum Gasteiger partial charge on any atom is -0.497 e. The maximum Gasteiger partial charge on any atom is 0.228 e. The van der Waals surface area contributed by atoms with E-state index >= 15 is 0 Å². The van der Waals surface area contributed by atoms with Gasteiger partial charge in [-0.3, -0.25) is 4.79 Å². The van der Waals surface area contributed by atoms with E-state index in [1.54, 1.807) is 19.2 Å². The summed E-state index contributed by atoms with van der Waals surface area (Å²) in [5.41, 5.74) is 0.290. The summed E-state index contributed by atoms with van der Waals surface area (Å²) >= 11 is 6.07. The zero-order valence-electron chi connectivity index (χ0n) is 10.2. The Morgan fingerprint density at radius 2 is 2.28 bits per heavy atom. The SMILES string of the molecule is COc1ccc(CNC(=O)C2(CO)CC2)c(Cl)c1. The fraction of sp³-hybridized carbons (Fsp3) is 0.462. The fourth-order valence-corrected chi connectivity index (χ4v) is 2.01. The van der Waals surface area contributed by atoms with Crippen molar-refractivity contribution in [1.29, 1.82) is 0 Å². The number of carbonyl (C=O) groups excluding carboxylic acids is 1. The molecule has 4 nitrogen and oxygen atoms in total. The molecule has 1 fully saturated rings. The average Bonchev–Trinajstić information content (AvgIpc) is 3.18. The molecule has 1 amide bonds. The monoisotopic (exact) mass is 269 g/mol. The van der Waals surface area contributed by atoms with Gasteiger partial charge in [0.1, 0.15) is 5.75 Å². The first-order chi connectivity index (χ1) is 8.61. The lowest BCUT2D eigenvalue weighted by Crippen LogP contribution is -2.33. The fourth-order valence-electron chi connectivity index (χ4n) is 1.77. The van der Waals surface area contributed by atoms with E-state index < -0.39 is 5.41 Å². The lowest BCUT2D eigenvalue weighted by Gasteiger charge is -2.13. The molecule has 0 aromatic heterocycles. The molecule has 2 N–H and O–H groups in total. The van der Waals surface area contributed by atoms with Gasteiger partial charge in [-0.05, 0) is 30.5 Å². The number of ether oxygens (including phenoxy) is 1. The Bertz CT molecular complexity index is 458. The molecule has 0 aliphatic heterocycles. The van der Waals surface area contributed by atoms with E-state index in [2.05, 4.69) is 5.32 Å². The lowest BCUT2D eigenvalue weighted by atomic mass is 10.1. The first-order valence-electron chi connectivity index (χ1n) is 5.83. The maximum absolute atomic E-state index is 11.8. The summed E-state index contributed by atoms with van der Waals surface area (Å²) in [7, 11) is 1.57. The van der Waals surface area contributed by atoms with Crippen molar-refractivity contribution >= 4 is 17.5 Å². The summed E-state index contributed by atoms with van der Waals surface area (Å²) < 4.78 is 5.05. The Labute approximate surface area is 111 Å². The molecule has 0 spiro atoms. The minimum absolute atomic E-state index is 0.0881. The van der Waals surface area contributed by atoms with E-state index in [4.69, 9.17) is 21.4 Å². The Hall–Kier alpha value is -1.26. The van der Waals surface area contributed by atoms with Crippen LogP contribution >= 0.6 is 11.6 Å². The van der Waals surface area contributed by atoms with Crippen LogP contribution in [0.25, 0.3) is 0 Å². The van der Waals surface area contributed by atoms with Crippen molar-refractivity contribution in [2.45, 2.75) is 19.4 Å². The third kappa shape index (κ3) is 2.60. The highest BCUT2D eigenvalue weighted by Crippen LogP contribution is 2.45. The van der Waals surface area contributed by atoms with Crippen molar-refractivity contribution in [3.05, 3.63) is 28.8 Å². The van der Waals surface area contributed by atoms with Gasteiger partial charge in [0, 0.05) is 11.6 Å². The summed E-state index contributed by atoms with van der Waals surface area (Å²) in [5, 5.41) is 12.5. The number of aliphatic hydroxyl groups is 1. The molecule has 0 bridgehead atoms. The third-order valence-corrected chi connectivity index (χ3v) is 3.69. The maximum atomic E-state index is 11.8. The van der Waals surface area contributed by atoms with Gasteiger partial charge < -0.3 is 15.2 Å². The van der Waals surface area contributed by atoms with Crippen LogP contribution in [0.4, 0.5) is 0 Å². The number of hydrogen-bond acceptors (Lipinski definition) is 3. The molecule has 0 radical (unpaired) electrons. The molecule has 1 saturated carbocycles. The molecular formula is C13H16ClNO3. The number of halogens is 1. The summed E-state index contributed by atoms with van der Waals surface area (Å²) in [6.45, 7) is 0.276. The average molecular weight is 270 g/mol. The first-order valence-corrected chi connectivity index (χ1v) is 6.21. The van der Waals surface area contributed by atoms with Crippen molar-refractivity contribution in [2.75, 3.05) is 13.7 Å². The second kappa shape index (κ2) is 5.16. The number of benzene rings is 1. The molecule has 0 saturated heterocycles. The van der Waals surface area contributed by atoms with Gasteiger partial charge in [0.25, 0.3) is 0 Å². The Morgan fingerprint density at radius 3 is 2.78 bits per heavy atom. The molecule has 1 aromatic carbocycles. The van der Waals surface area contributed by atoms with Crippen molar-refractivity contribution < 1.29 is 14.6 Å². The lowest BCUT2D eigenvalue weighted by molar-refractivity contribution is -0.127. The van der Waals surface area contributed by atoms with Crippen LogP contribution in [0.1, 0.15) is 18.4 Å². The van der Waals surface area contributed by atoms with Gasteiger partial charge in [-0.2, -0.15) is 0 Å². The molecule has 1 aliphatic rings. The quantitative estimate of drug-likeness (QED) is 0.856. The van der Waals surface area contributed by atoms with Crippen LogP contribution in [-0.2, 0) is 11.3 Å². The molecule has 0 atom stereocenters. The Balaban J connectivity index is 1.96. The second-order valence-electron chi connectivity index (χ2n) is 4.58. The summed E-state index contributed by atoms with van der Waals surface area (Å²) in [4.78, 5) is 11.8. The highest BCUT2D eigenvalue weighted by molar-refractivity contribution is 6.31. The summed E-state index contributed by atoms with van der Waals surface area (Å²) in [5.74, 6) is 0.584. The van der Waals surface area contributed by atoms with Crippen LogP contribution in [0.15, 0.2) is 18.2 Å². The molecule has 2 rings (SSSR count). The topological polar surface area (TPSA) is 58.6 Å². The minimum atomic E-state index is -0.543. The van der Waals surface area contributed by atoms with Crippen LogP contribution in [-0.4, -0.2) is 24.7 Å². The van der Waals surface area contributed by atoms with Gasteiger partial charge in [0.2, 0.25) is 5.91 Å². The number of rotatable bonds is 5. The molecule has 0 heterocycles. The smallest absolute Gasteiger partial charge is 0.228 e. The van der Waals surface area contributed by atoms with Crippen molar-refractivity contribution in [3.63, 3.8) is 0 Å². The van der Waals surface area contributed by atoms with Gasteiger partial charge >= 0.3 is 0 Å². The molecule has 98 valence electrons. The van der Waals surface area contributed by atoms with Gasteiger partial charge in [-0.25, -0.2) is 0 Å². The van der Waals surface area contributed by atoms with Crippen LogP contribution in [0.3, 0.4) is 0 Å². The van der Waals surface area contributed by atoms with Crippen LogP contribution in [0.2, 0.25) is 5.02 Å². The molecule has 0 unspecified atom stereocenters. The van der Waals surface area contributed by atoms with Crippen LogP contribution in [0.5, 0.6) is 5.75 Å². The van der Waals surface area contributed by atoms with Crippen LogP contribution in [0, 0.1) is 5.41 Å². The van der Waals surface area contributed by atoms with Crippen molar-refractivity contribution in [2.24, 2.45) is 5.41 Å². The highest BCUT2D eigenvalue weighted by Gasteiger charge is 2.49. The van der Waals surface area contributed by atoms with E-state index in [0.717, 1.165) is 18.4 Å². The zero-order valence-corrected chi connectivity index (χ0v) is 11.0. The predicted octanol–water partition coefficient (Wildman–Crippen LogP) is 1.74. The van der Waals surface area contributed by atoms with Gasteiger partial charge in [0.05, 0.1) is 19.1 Å². The van der Waals surface area contributed by atoms with E-state index in [-0.39, 0.29) is 12.5 Å². The largest absolute Gasteiger partial charge is 0.497 e. The molecule has 1 aromatic rings. The number of methoxy groups -OCH3 is 1. The number of amides is 1. The van der Waals surface area contributed by atoms with Crippen molar-refractivity contribution in [1.82, 2.24) is 5.32 Å². The normalized spacial score (nSPS) is 16.2. The summed E-state index contributed by atoms with van der Waals surface area (Å²) in [6.07, 6.45) is 1.51. The van der Waals surface area contributed by atoms with Gasteiger partial charge in [-0.1, -0.05) is 17.7 Å². The van der Waals surface area contributed by atoms with E-state index in [0.29, 0.717) is 17.3 Å². The number of carbonyl (C=O) groups is 1. The molecular weight excluding hydrogens is 254 g/mol. The summed E-state index contributed by atoms with van der Waals surface area (Å²) in [6, 6.07) is 5.33. The number of nitrogens with one attached hydrogen (secondary N) is 1. The van der Waals surface area contributed by atoms with Crippen molar-refractivity contribution in [3.8, 4) is 5.75 Å².